The van der Waals surface area contributed by atoms with E-state index in [-0.39, 0.29) is 0 Å². The van der Waals surface area contributed by atoms with E-state index in [4.69, 9.17) is 5.14 Å². The van der Waals surface area contributed by atoms with Gasteiger partial charge in [0.1, 0.15) is 5.82 Å². The molecule has 5 nitrogen and oxygen atoms in total. The summed E-state index contributed by atoms with van der Waals surface area (Å²) in [7, 11) is -4.12. The number of alkyl halides is 3. The standard InChI is InChI=1S/C10H10F4N2O3S/c11-8-5-6(20(15,18)19)1-2-7(8)9(17)16-4-3-10(12,13)14/h1-2,5H,3-4H2,(H,16,17)(H2,15,18,19). The van der Waals surface area contributed by atoms with E-state index in [9.17, 15) is 30.8 Å². The topological polar surface area (TPSA) is 89.3 Å². The first-order valence-electron chi connectivity index (χ1n) is 5.18. The second-order valence-electron chi connectivity index (χ2n) is 3.81. The molecule has 0 aliphatic carbocycles. The Morgan fingerprint density at radius 2 is 1.90 bits per heavy atom. The minimum Gasteiger partial charge on any atom is -0.352 e. The number of carbonyl (C=O) groups is 1. The van der Waals surface area contributed by atoms with Crippen LogP contribution in [0.25, 0.3) is 0 Å². The van der Waals surface area contributed by atoms with Gasteiger partial charge in [0.05, 0.1) is 16.9 Å². The maximum atomic E-state index is 13.5. The van der Waals surface area contributed by atoms with E-state index in [0.29, 0.717) is 6.07 Å². The Labute approximate surface area is 111 Å². The molecule has 1 amide bonds. The van der Waals surface area contributed by atoms with Crippen LogP contribution in [0, 0.1) is 5.82 Å². The fourth-order valence-electron chi connectivity index (χ4n) is 1.27. The van der Waals surface area contributed by atoms with Gasteiger partial charge >= 0.3 is 6.18 Å². The molecular weight excluding hydrogens is 304 g/mol. The van der Waals surface area contributed by atoms with E-state index in [1.54, 1.807) is 0 Å². The number of amides is 1. The lowest BCUT2D eigenvalue weighted by molar-refractivity contribution is -0.132. The molecule has 10 heteroatoms. The van der Waals surface area contributed by atoms with Crippen molar-refractivity contribution >= 4 is 15.9 Å². The van der Waals surface area contributed by atoms with E-state index in [0.717, 1.165) is 12.1 Å². The highest BCUT2D eigenvalue weighted by molar-refractivity contribution is 7.89. The van der Waals surface area contributed by atoms with Crippen LogP contribution in [0.1, 0.15) is 16.8 Å². The Morgan fingerprint density at radius 1 is 1.30 bits per heavy atom. The lowest BCUT2D eigenvalue weighted by Crippen LogP contribution is -2.28. The Kier molecular flexibility index (Phi) is 4.71. The number of rotatable bonds is 4. The molecule has 1 rings (SSSR count). The third kappa shape index (κ3) is 4.78. The number of hydrogen-bond acceptors (Lipinski definition) is 3. The van der Waals surface area contributed by atoms with E-state index in [1.165, 1.54) is 0 Å². The fourth-order valence-corrected chi connectivity index (χ4v) is 1.80. The van der Waals surface area contributed by atoms with Crippen molar-refractivity contribution in [2.75, 3.05) is 6.54 Å². The van der Waals surface area contributed by atoms with Crippen LogP contribution in [0.4, 0.5) is 17.6 Å². The van der Waals surface area contributed by atoms with Crippen molar-refractivity contribution < 1.29 is 30.8 Å². The van der Waals surface area contributed by atoms with E-state index >= 15 is 0 Å². The van der Waals surface area contributed by atoms with E-state index in [1.807, 2.05) is 5.32 Å². The lowest BCUT2D eigenvalue weighted by Gasteiger charge is -2.09. The van der Waals surface area contributed by atoms with Crippen LogP contribution in [0.5, 0.6) is 0 Å². The van der Waals surface area contributed by atoms with Crippen LogP contribution in [-0.2, 0) is 10.0 Å². The highest BCUT2D eigenvalue weighted by Gasteiger charge is 2.27. The number of halogens is 4. The number of carbonyl (C=O) groups excluding carboxylic acids is 1. The first-order valence-corrected chi connectivity index (χ1v) is 6.72. The van der Waals surface area contributed by atoms with E-state index < -0.39 is 51.3 Å². The zero-order chi connectivity index (χ0) is 15.6. The zero-order valence-corrected chi connectivity index (χ0v) is 10.7. The van der Waals surface area contributed by atoms with Gasteiger partial charge in [-0.1, -0.05) is 0 Å². The lowest BCUT2D eigenvalue weighted by atomic mass is 10.2. The first kappa shape index (κ1) is 16.4. The summed E-state index contributed by atoms with van der Waals surface area (Å²) in [6.07, 6.45) is -5.70. The van der Waals surface area contributed by atoms with Crippen LogP contribution in [0.15, 0.2) is 23.1 Å². The fraction of sp³-hybridized carbons (Fsp3) is 0.300. The SMILES string of the molecule is NS(=O)(=O)c1ccc(C(=O)NCCC(F)(F)F)c(F)c1. The number of primary sulfonamides is 1. The average Bonchev–Trinajstić information content (AvgIpc) is 2.25. The smallest absolute Gasteiger partial charge is 0.352 e. The summed E-state index contributed by atoms with van der Waals surface area (Å²) in [4.78, 5) is 10.9. The molecule has 0 saturated heterocycles. The number of nitrogens with one attached hydrogen (secondary N) is 1. The predicted octanol–water partition coefficient (Wildman–Crippen LogP) is 1.16. The monoisotopic (exact) mass is 314 g/mol. The van der Waals surface area contributed by atoms with Gasteiger partial charge in [-0.05, 0) is 18.2 Å². The van der Waals surface area contributed by atoms with Gasteiger partial charge in [0.15, 0.2) is 0 Å². The molecule has 0 aromatic heterocycles. The Hall–Kier alpha value is -1.68. The summed E-state index contributed by atoms with van der Waals surface area (Å²) >= 11 is 0. The van der Waals surface area contributed by atoms with E-state index in [2.05, 4.69) is 0 Å². The molecule has 20 heavy (non-hydrogen) atoms. The predicted molar refractivity (Wildman–Crippen MR) is 60.8 cm³/mol. The molecule has 0 bridgehead atoms. The molecule has 112 valence electrons. The van der Waals surface area contributed by atoms with Gasteiger partial charge in [-0.2, -0.15) is 13.2 Å². The summed E-state index contributed by atoms with van der Waals surface area (Å²) in [5.74, 6) is -2.27. The Bertz CT molecular complexity index is 613. The average molecular weight is 314 g/mol. The van der Waals surface area contributed by atoms with Crippen molar-refractivity contribution in [1.29, 1.82) is 0 Å². The van der Waals surface area contributed by atoms with Crippen molar-refractivity contribution in [1.82, 2.24) is 5.32 Å². The number of hydrogen-bond donors (Lipinski definition) is 2. The van der Waals surface area contributed by atoms with Crippen molar-refractivity contribution in [2.24, 2.45) is 5.14 Å². The number of nitrogens with two attached hydrogens (primary N) is 1. The van der Waals surface area contributed by atoms with Gasteiger partial charge in [-0.15, -0.1) is 0 Å². The van der Waals surface area contributed by atoms with Gasteiger partial charge in [0.2, 0.25) is 10.0 Å². The highest BCUT2D eigenvalue weighted by atomic mass is 32.2. The van der Waals surface area contributed by atoms with Gasteiger partial charge < -0.3 is 5.32 Å². The molecule has 0 aliphatic heterocycles. The summed E-state index contributed by atoms with van der Waals surface area (Å²) in [6.45, 7) is -0.710. The van der Waals surface area contributed by atoms with Crippen LogP contribution in [-0.4, -0.2) is 27.0 Å². The van der Waals surface area contributed by atoms with Crippen LogP contribution in [0.2, 0.25) is 0 Å². The largest absolute Gasteiger partial charge is 0.390 e. The molecule has 0 radical (unpaired) electrons. The third-order valence-electron chi connectivity index (χ3n) is 2.21. The molecule has 0 fully saturated rings. The van der Waals surface area contributed by atoms with Crippen molar-refractivity contribution in [3.8, 4) is 0 Å². The minimum absolute atomic E-state index is 0.522. The molecule has 0 unspecified atom stereocenters. The van der Waals surface area contributed by atoms with Gasteiger partial charge in [-0.25, -0.2) is 17.9 Å². The maximum absolute atomic E-state index is 13.5. The minimum atomic E-state index is -4.44. The zero-order valence-electron chi connectivity index (χ0n) is 9.87. The highest BCUT2D eigenvalue weighted by Crippen LogP contribution is 2.18. The van der Waals surface area contributed by atoms with Gasteiger partial charge in [0.25, 0.3) is 5.91 Å². The van der Waals surface area contributed by atoms with Gasteiger partial charge in [-0.3, -0.25) is 4.79 Å². The summed E-state index contributed by atoms with van der Waals surface area (Å²) in [5.41, 5.74) is -0.570. The number of benzene rings is 1. The van der Waals surface area contributed by atoms with Gasteiger partial charge in [0, 0.05) is 6.54 Å². The molecule has 0 spiro atoms. The van der Waals surface area contributed by atoms with Crippen molar-refractivity contribution in [2.45, 2.75) is 17.5 Å². The van der Waals surface area contributed by atoms with Crippen LogP contribution >= 0.6 is 0 Å². The molecule has 0 heterocycles. The molecule has 1 aromatic carbocycles. The molecular formula is C10H10F4N2O3S. The summed E-state index contributed by atoms with van der Waals surface area (Å²) < 4.78 is 71.0. The molecule has 0 atom stereocenters. The Morgan fingerprint density at radius 3 is 2.35 bits per heavy atom. The van der Waals surface area contributed by atoms with Crippen molar-refractivity contribution in [3.63, 3.8) is 0 Å². The second kappa shape index (κ2) is 5.75. The maximum Gasteiger partial charge on any atom is 0.390 e. The number of sulfonamides is 1. The first-order chi connectivity index (χ1) is 9.00. The van der Waals surface area contributed by atoms with Crippen molar-refractivity contribution in [3.05, 3.63) is 29.6 Å². The van der Waals surface area contributed by atoms with Crippen LogP contribution < -0.4 is 10.5 Å². The normalized spacial score (nSPS) is 12.2. The third-order valence-corrected chi connectivity index (χ3v) is 3.12. The Balaban J connectivity index is 2.80. The molecule has 3 N–H and O–H groups in total. The molecule has 0 aliphatic rings. The van der Waals surface area contributed by atoms with Crippen LogP contribution in [0.3, 0.4) is 0 Å². The quantitative estimate of drug-likeness (QED) is 0.817. The molecule has 1 aromatic rings. The summed E-state index contributed by atoms with van der Waals surface area (Å²) in [5, 5.41) is 6.63. The summed E-state index contributed by atoms with van der Waals surface area (Å²) in [6, 6.07) is 2.24. The second-order valence-corrected chi connectivity index (χ2v) is 5.37. The molecule has 0 saturated carbocycles.